The monoisotopic (exact) mass is 452 g/mol. The largest absolute Gasteiger partial charge is 0.345 e. The number of pyridine rings is 1. The van der Waals surface area contributed by atoms with E-state index in [1.165, 1.54) is 11.1 Å². The number of benzene rings is 2. The lowest BCUT2D eigenvalue weighted by Crippen LogP contribution is -2.59. The molecule has 2 aromatic carbocycles. The van der Waals surface area contributed by atoms with Gasteiger partial charge in [-0.15, -0.1) is 0 Å². The summed E-state index contributed by atoms with van der Waals surface area (Å²) < 4.78 is 1.59. The molecule has 0 unspecified atom stereocenters. The third-order valence-corrected chi connectivity index (χ3v) is 8.37. The van der Waals surface area contributed by atoms with Gasteiger partial charge in [-0.2, -0.15) is 0 Å². The smallest absolute Gasteiger partial charge is 0.254 e. The van der Waals surface area contributed by atoms with Gasteiger partial charge in [0.05, 0.1) is 17.4 Å². The minimum absolute atomic E-state index is 0.00463. The van der Waals surface area contributed by atoms with Gasteiger partial charge >= 0.3 is 0 Å². The minimum atomic E-state index is -0.0158. The molecule has 1 fully saturated rings. The molecule has 34 heavy (non-hydrogen) atoms. The van der Waals surface area contributed by atoms with Gasteiger partial charge < -0.3 is 14.5 Å². The molecule has 1 aliphatic heterocycles. The van der Waals surface area contributed by atoms with Crippen molar-refractivity contribution < 1.29 is 4.79 Å². The highest BCUT2D eigenvalue weighted by Crippen LogP contribution is 2.49. The van der Waals surface area contributed by atoms with Crippen molar-refractivity contribution in [3.05, 3.63) is 88.1 Å². The molecule has 172 valence electrons. The zero-order valence-electron chi connectivity index (χ0n) is 19.7. The molecule has 2 aliphatic rings. The number of aromatic amines is 1. The zero-order chi connectivity index (χ0) is 23.6. The molecular formula is C28H28N4O2. The van der Waals surface area contributed by atoms with Gasteiger partial charge in [0.1, 0.15) is 0 Å². The normalized spacial score (nSPS) is 23.7. The van der Waals surface area contributed by atoms with Gasteiger partial charge in [-0.1, -0.05) is 32.0 Å². The molecule has 0 radical (unpaired) electrons. The van der Waals surface area contributed by atoms with Crippen molar-refractivity contribution in [3.63, 3.8) is 0 Å². The fraction of sp³-hybridized carbons (Fsp3) is 0.321. The first-order chi connectivity index (χ1) is 16.3. The number of carbonyl (C=O) groups is 1. The van der Waals surface area contributed by atoms with E-state index in [-0.39, 0.29) is 22.9 Å². The van der Waals surface area contributed by atoms with E-state index in [1.54, 1.807) is 24.0 Å². The van der Waals surface area contributed by atoms with Gasteiger partial charge in [0.2, 0.25) is 0 Å². The Morgan fingerprint density at radius 2 is 1.94 bits per heavy atom. The Hall–Kier alpha value is -3.67. The average molecular weight is 453 g/mol. The minimum Gasteiger partial charge on any atom is -0.345 e. The fourth-order valence-electron chi connectivity index (χ4n) is 6.01. The second-order valence-electron chi connectivity index (χ2n) is 10.1. The first-order valence-electron chi connectivity index (χ1n) is 11.9. The Balaban J connectivity index is 1.35. The molecule has 2 bridgehead atoms. The summed E-state index contributed by atoms with van der Waals surface area (Å²) in [7, 11) is 1.77. The molecule has 0 spiro atoms. The van der Waals surface area contributed by atoms with Crippen molar-refractivity contribution in [1.29, 1.82) is 0 Å². The fourth-order valence-corrected chi connectivity index (χ4v) is 6.01. The summed E-state index contributed by atoms with van der Waals surface area (Å²) in [6.07, 6.45) is 5.24. The Morgan fingerprint density at radius 3 is 2.76 bits per heavy atom. The van der Waals surface area contributed by atoms with Crippen molar-refractivity contribution in [1.82, 2.24) is 19.4 Å². The topological polar surface area (TPSA) is 71.0 Å². The van der Waals surface area contributed by atoms with Crippen LogP contribution >= 0.6 is 0 Å². The molecular weight excluding hydrogens is 424 g/mol. The van der Waals surface area contributed by atoms with E-state index in [9.17, 15) is 9.59 Å². The molecule has 2 aromatic heterocycles. The lowest BCUT2D eigenvalue weighted by atomic mass is 9.58. The van der Waals surface area contributed by atoms with Crippen LogP contribution in [0.15, 0.2) is 65.8 Å². The summed E-state index contributed by atoms with van der Waals surface area (Å²) in [5.74, 6) is 0.420. The molecule has 3 heterocycles. The van der Waals surface area contributed by atoms with Crippen LogP contribution in [0.1, 0.15) is 41.8 Å². The Labute approximate surface area is 198 Å². The highest BCUT2D eigenvalue weighted by atomic mass is 16.2. The van der Waals surface area contributed by atoms with Crippen molar-refractivity contribution in [2.45, 2.75) is 38.1 Å². The summed E-state index contributed by atoms with van der Waals surface area (Å²) in [5.41, 5.74) is 7.14. The van der Waals surface area contributed by atoms with Crippen LogP contribution in [0.25, 0.3) is 22.2 Å². The average Bonchev–Trinajstić information content (AvgIpc) is 3.31. The van der Waals surface area contributed by atoms with Gasteiger partial charge in [0, 0.05) is 37.5 Å². The number of nitrogens with zero attached hydrogens (tertiary/aromatic N) is 3. The maximum absolute atomic E-state index is 13.6. The SMILES string of the molecule is C[C@@H]1[C@H]2Cc3ccc(-c4ccn(C)c(=O)c4)cc3[C@]1(C)CCN2C(=O)c1ccc2nc[nH]c2c1. The van der Waals surface area contributed by atoms with E-state index in [2.05, 4.69) is 46.9 Å². The van der Waals surface area contributed by atoms with E-state index >= 15 is 0 Å². The number of fused-ring (bicyclic) bond motifs is 5. The van der Waals surface area contributed by atoms with Crippen LogP contribution in [0.2, 0.25) is 0 Å². The highest BCUT2D eigenvalue weighted by molar-refractivity contribution is 5.97. The van der Waals surface area contributed by atoms with Crippen molar-refractivity contribution >= 4 is 16.9 Å². The number of nitrogens with one attached hydrogen (secondary N) is 1. The summed E-state index contributed by atoms with van der Waals surface area (Å²) in [6, 6.07) is 16.2. The van der Waals surface area contributed by atoms with Gasteiger partial charge in [0.15, 0.2) is 0 Å². The molecule has 0 saturated carbocycles. The van der Waals surface area contributed by atoms with E-state index in [1.807, 2.05) is 30.5 Å². The Morgan fingerprint density at radius 1 is 1.12 bits per heavy atom. The first kappa shape index (κ1) is 20.9. The summed E-state index contributed by atoms with van der Waals surface area (Å²) in [5, 5.41) is 0. The number of carbonyl (C=O) groups excluding carboxylic acids is 1. The lowest BCUT2D eigenvalue weighted by molar-refractivity contribution is 0.0251. The number of H-pyrrole nitrogens is 1. The highest BCUT2D eigenvalue weighted by Gasteiger charge is 2.49. The number of imidazole rings is 1. The van der Waals surface area contributed by atoms with Gasteiger partial charge in [-0.3, -0.25) is 9.59 Å². The molecule has 3 atom stereocenters. The molecule has 6 nitrogen and oxygen atoms in total. The van der Waals surface area contributed by atoms with Gasteiger partial charge in [-0.25, -0.2) is 4.98 Å². The molecule has 1 amide bonds. The third kappa shape index (κ3) is 3.05. The van der Waals surface area contributed by atoms with Crippen molar-refractivity contribution in [2.75, 3.05) is 6.54 Å². The second kappa shape index (κ2) is 7.42. The number of aryl methyl sites for hydroxylation is 1. The number of aromatic nitrogens is 3. The third-order valence-electron chi connectivity index (χ3n) is 8.37. The maximum atomic E-state index is 13.6. The molecule has 1 saturated heterocycles. The Bertz CT molecular complexity index is 1500. The predicted octanol–water partition coefficient (Wildman–Crippen LogP) is 4.29. The second-order valence-corrected chi connectivity index (χ2v) is 10.1. The van der Waals surface area contributed by atoms with Crippen LogP contribution in [0.5, 0.6) is 0 Å². The quantitative estimate of drug-likeness (QED) is 0.493. The van der Waals surface area contributed by atoms with E-state index in [0.29, 0.717) is 11.5 Å². The van der Waals surface area contributed by atoms with Gasteiger partial charge in [0.25, 0.3) is 11.5 Å². The van der Waals surface area contributed by atoms with Crippen LogP contribution in [-0.4, -0.2) is 37.9 Å². The van der Waals surface area contributed by atoms with E-state index in [0.717, 1.165) is 41.5 Å². The number of amides is 1. The molecule has 6 rings (SSSR count). The van der Waals surface area contributed by atoms with Crippen LogP contribution in [0, 0.1) is 5.92 Å². The number of hydrogen-bond donors (Lipinski definition) is 1. The number of likely N-dealkylation sites (tertiary alicyclic amines) is 1. The first-order valence-corrected chi connectivity index (χ1v) is 11.9. The molecule has 1 N–H and O–H groups in total. The number of piperidine rings is 1. The number of hydrogen-bond acceptors (Lipinski definition) is 3. The zero-order valence-corrected chi connectivity index (χ0v) is 19.7. The van der Waals surface area contributed by atoms with Crippen molar-refractivity contribution in [3.8, 4) is 11.1 Å². The summed E-state index contributed by atoms with van der Waals surface area (Å²) in [6.45, 7) is 5.37. The summed E-state index contributed by atoms with van der Waals surface area (Å²) in [4.78, 5) is 35.2. The van der Waals surface area contributed by atoms with Crippen LogP contribution in [0.3, 0.4) is 0 Å². The summed E-state index contributed by atoms with van der Waals surface area (Å²) >= 11 is 0. The van der Waals surface area contributed by atoms with E-state index < -0.39 is 0 Å². The standard InChI is InChI=1S/C28H28N4O2/c1-17-25-14-20-5-4-18(19-8-10-31(3)26(33)15-19)12-22(20)28(17,2)9-11-32(25)27(34)21-6-7-23-24(13-21)30-16-29-23/h4-8,10,12-13,15-17,25H,9,11,14H2,1-3H3,(H,29,30)/t17-,25-,28-/m1/s1. The van der Waals surface area contributed by atoms with Crippen LogP contribution in [-0.2, 0) is 18.9 Å². The van der Waals surface area contributed by atoms with Crippen LogP contribution < -0.4 is 5.56 Å². The maximum Gasteiger partial charge on any atom is 0.254 e. The number of rotatable bonds is 2. The molecule has 4 aromatic rings. The van der Waals surface area contributed by atoms with E-state index in [4.69, 9.17) is 0 Å². The molecule has 1 aliphatic carbocycles. The molecule has 6 heteroatoms. The van der Waals surface area contributed by atoms with Crippen molar-refractivity contribution in [2.24, 2.45) is 13.0 Å². The van der Waals surface area contributed by atoms with Crippen LogP contribution in [0.4, 0.5) is 0 Å². The van der Waals surface area contributed by atoms with Gasteiger partial charge in [-0.05, 0) is 70.7 Å². The Kier molecular flexibility index (Phi) is 4.56. The predicted molar refractivity (Wildman–Crippen MR) is 133 cm³/mol. The lowest BCUT2D eigenvalue weighted by Gasteiger charge is -2.54.